The fraction of sp³-hybridized carbons (Fsp3) is 0.286. The summed E-state index contributed by atoms with van der Waals surface area (Å²) < 4.78 is 0. The molecule has 0 aromatic heterocycles. The molecule has 72 valence electrons. The lowest BCUT2D eigenvalue weighted by molar-refractivity contribution is 1.02. The molecule has 0 unspecified atom stereocenters. The zero-order valence-corrected chi connectivity index (χ0v) is 8.66. The first kappa shape index (κ1) is 9.26. The van der Waals surface area contributed by atoms with Gasteiger partial charge in [0.2, 0.25) is 0 Å². The standard InChI is InChI=1S/C14H16/c1-12-6-5-9-14(11-10-12)13-7-3-2-4-8-13/h3,5,7-11H,2,4,6H2,1H3. The van der Waals surface area contributed by atoms with Gasteiger partial charge in [0.05, 0.1) is 0 Å². The van der Waals surface area contributed by atoms with E-state index >= 15 is 0 Å². The highest BCUT2D eigenvalue weighted by atomic mass is 14.1. The highest BCUT2D eigenvalue weighted by molar-refractivity contribution is 5.50. The van der Waals surface area contributed by atoms with Crippen LogP contribution in [0.4, 0.5) is 0 Å². The van der Waals surface area contributed by atoms with Gasteiger partial charge in [-0.05, 0) is 37.3 Å². The summed E-state index contributed by atoms with van der Waals surface area (Å²) in [6.07, 6.45) is 19.2. The smallest absolute Gasteiger partial charge is 0.0135 e. The topological polar surface area (TPSA) is 0 Å². The summed E-state index contributed by atoms with van der Waals surface area (Å²) in [5, 5.41) is 0. The van der Waals surface area contributed by atoms with Crippen molar-refractivity contribution in [1.82, 2.24) is 0 Å². The van der Waals surface area contributed by atoms with Crippen LogP contribution in [0.3, 0.4) is 0 Å². The van der Waals surface area contributed by atoms with Gasteiger partial charge in [0.15, 0.2) is 0 Å². The molecule has 0 heteroatoms. The van der Waals surface area contributed by atoms with Crippen LogP contribution < -0.4 is 0 Å². The Hall–Kier alpha value is -1.30. The molecule has 0 bridgehead atoms. The Kier molecular flexibility index (Phi) is 2.83. The molecule has 0 fully saturated rings. The Labute approximate surface area is 86.0 Å². The molecule has 14 heavy (non-hydrogen) atoms. The quantitative estimate of drug-likeness (QED) is 0.575. The second kappa shape index (κ2) is 4.28. The first-order valence-corrected chi connectivity index (χ1v) is 5.27. The van der Waals surface area contributed by atoms with E-state index in [-0.39, 0.29) is 0 Å². The van der Waals surface area contributed by atoms with E-state index in [1.807, 2.05) is 0 Å². The van der Waals surface area contributed by atoms with Crippen LogP contribution in [0.25, 0.3) is 0 Å². The minimum atomic E-state index is 1.08. The summed E-state index contributed by atoms with van der Waals surface area (Å²) in [7, 11) is 0. The zero-order chi connectivity index (χ0) is 9.80. The van der Waals surface area contributed by atoms with Crippen molar-refractivity contribution in [3.05, 3.63) is 59.3 Å². The number of hydrogen-bond acceptors (Lipinski definition) is 0. The highest BCUT2D eigenvalue weighted by Crippen LogP contribution is 2.21. The average molecular weight is 184 g/mol. The maximum Gasteiger partial charge on any atom is -0.0135 e. The number of rotatable bonds is 1. The molecule has 0 spiro atoms. The summed E-state index contributed by atoms with van der Waals surface area (Å²) in [6, 6.07) is 0. The number of hydrogen-bond donors (Lipinski definition) is 0. The molecular formula is C14H16. The molecule has 0 saturated heterocycles. The van der Waals surface area contributed by atoms with E-state index in [0.29, 0.717) is 0 Å². The monoisotopic (exact) mass is 184 g/mol. The van der Waals surface area contributed by atoms with Crippen molar-refractivity contribution in [3.63, 3.8) is 0 Å². The van der Waals surface area contributed by atoms with Gasteiger partial charge in [-0.2, -0.15) is 0 Å². The maximum atomic E-state index is 2.32. The van der Waals surface area contributed by atoms with Gasteiger partial charge in [0.1, 0.15) is 0 Å². The molecule has 0 saturated carbocycles. The fourth-order valence-corrected chi connectivity index (χ4v) is 1.75. The molecule has 0 radical (unpaired) electrons. The highest BCUT2D eigenvalue weighted by Gasteiger charge is 2.02. The van der Waals surface area contributed by atoms with E-state index in [1.54, 1.807) is 0 Å². The molecule has 2 rings (SSSR count). The van der Waals surface area contributed by atoms with Gasteiger partial charge in [-0.3, -0.25) is 0 Å². The van der Waals surface area contributed by atoms with E-state index in [4.69, 9.17) is 0 Å². The lowest BCUT2D eigenvalue weighted by Crippen LogP contribution is -1.87. The van der Waals surface area contributed by atoms with Crippen molar-refractivity contribution in [3.8, 4) is 0 Å². The Morgan fingerprint density at radius 3 is 2.57 bits per heavy atom. The summed E-state index contributed by atoms with van der Waals surface area (Å²) in [5.41, 5.74) is 4.15. The van der Waals surface area contributed by atoms with E-state index in [2.05, 4.69) is 49.5 Å². The van der Waals surface area contributed by atoms with Crippen molar-refractivity contribution >= 4 is 0 Å². The van der Waals surface area contributed by atoms with Crippen LogP contribution in [-0.4, -0.2) is 0 Å². The van der Waals surface area contributed by atoms with Gasteiger partial charge >= 0.3 is 0 Å². The fourth-order valence-electron chi connectivity index (χ4n) is 1.75. The third-order valence-electron chi connectivity index (χ3n) is 2.61. The molecule has 0 heterocycles. The largest absolute Gasteiger partial charge is 0.0836 e. The summed E-state index contributed by atoms with van der Waals surface area (Å²) in [6.45, 7) is 2.18. The van der Waals surface area contributed by atoms with E-state index in [1.165, 1.54) is 29.6 Å². The molecule has 0 nitrogen and oxygen atoms in total. The molecule has 2 aliphatic rings. The van der Waals surface area contributed by atoms with Crippen molar-refractivity contribution in [1.29, 1.82) is 0 Å². The van der Waals surface area contributed by atoms with E-state index in [9.17, 15) is 0 Å². The Balaban J connectivity index is 2.25. The Morgan fingerprint density at radius 2 is 1.79 bits per heavy atom. The summed E-state index contributed by atoms with van der Waals surface area (Å²) in [4.78, 5) is 0. The maximum absolute atomic E-state index is 2.32. The summed E-state index contributed by atoms with van der Waals surface area (Å²) in [5.74, 6) is 0. The van der Waals surface area contributed by atoms with Gasteiger partial charge < -0.3 is 0 Å². The van der Waals surface area contributed by atoms with Crippen LogP contribution in [-0.2, 0) is 0 Å². The third kappa shape index (κ3) is 2.14. The van der Waals surface area contributed by atoms with Crippen LogP contribution in [0.1, 0.15) is 26.2 Å². The second-order valence-electron chi connectivity index (χ2n) is 3.88. The van der Waals surface area contributed by atoms with Gasteiger partial charge in [-0.1, -0.05) is 48.1 Å². The van der Waals surface area contributed by atoms with Crippen LogP contribution in [0, 0.1) is 0 Å². The molecule has 2 aliphatic carbocycles. The normalized spacial score (nSPS) is 21.1. The molecule has 0 atom stereocenters. The molecule has 0 aromatic carbocycles. The van der Waals surface area contributed by atoms with Gasteiger partial charge in [0, 0.05) is 0 Å². The molecular weight excluding hydrogens is 168 g/mol. The van der Waals surface area contributed by atoms with Crippen molar-refractivity contribution in [2.24, 2.45) is 0 Å². The minimum absolute atomic E-state index is 1.08. The van der Waals surface area contributed by atoms with Crippen molar-refractivity contribution in [2.75, 3.05) is 0 Å². The zero-order valence-electron chi connectivity index (χ0n) is 8.66. The first-order chi connectivity index (χ1) is 6.86. The van der Waals surface area contributed by atoms with E-state index < -0.39 is 0 Å². The van der Waals surface area contributed by atoms with Crippen molar-refractivity contribution in [2.45, 2.75) is 26.2 Å². The lowest BCUT2D eigenvalue weighted by Gasteiger charge is -2.06. The second-order valence-corrected chi connectivity index (χ2v) is 3.88. The molecule has 0 N–H and O–H groups in total. The SMILES string of the molecule is CC1=CC=C(C2=CCCC=C2)C=CC1. The minimum Gasteiger partial charge on any atom is -0.0836 e. The van der Waals surface area contributed by atoms with Gasteiger partial charge in [0.25, 0.3) is 0 Å². The van der Waals surface area contributed by atoms with Crippen LogP contribution >= 0.6 is 0 Å². The van der Waals surface area contributed by atoms with Crippen molar-refractivity contribution < 1.29 is 0 Å². The third-order valence-corrected chi connectivity index (χ3v) is 2.61. The lowest BCUT2D eigenvalue weighted by atomic mass is 9.99. The van der Waals surface area contributed by atoms with E-state index in [0.717, 1.165) is 6.42 Å². The molecule has 0 amide bonds. The predicted molar refractivity (Wildman–Crippen MR) is 62.1 cm³/mol. The van der Waals surface area contributed by atoms with Gasteiger partial charge in [-0.15, -0.1) is 0 Å². The number of allylic oxidation sites excluding steroid dienone is 10. The molecule has 0 aliphatic heterocycles. The van der Waals surface area contributed by atoms with Crippen LogP contribution in [0.15, 0.2) is 59.3 Å². The summed E-state index contributed by atoms with van der Waals surface area (Å²) >= 11 is 0. The Morgan fingerprint density at radius 1 is 0.929 bits per heavy atom. The average Bonchev–Trinajstić information content (AvgIpc) is 2.44. The van der Waals surface area contributed by atoms with Crippen LogP contribution in [0.5, 0.6) is 0 Å². The predicted octanol–water partition coefficient (Wildman–Crippen LogP) is 4.10. The van der Waals surface area contributed by atoms with Gasteiger partial charge in [-0.25, -0.2) is 0 Å². The Bertz CT molecular complexity index is 359. The van der Waals surface area contributed by atoms with Crippen LogP contribution in [0.2, 0.25) is 0 Å². The molecule has 0 aromatic rings. The first-order valence-electron chi connectivity index (χ1n) is 5.27.